The average molecular weight is 365 g/mol. The standard InChI is InChI=1S/C15H17BrN4O2/c16-14-12(22-8-10-3-6-13(21)17-10)5-4-11-15(14)18-19-20(11)7-9-1-2-9/h4-5,9-10H,1-3,6-8H2,(H,17,21)/t10-/m1/s1. The van der Waals surface area contributed by atoms with Gasteiger partial charge in [-0.05, 0) is 53.2 Å². The van der Waals surface area contributed by atoms with Crippen LogP contribution >= 0.6 is 15.9 Å². The van der Waals surface area contributed by atoms with Crippen molar-refractivity contribution in [2.75, 3.05) is 6.61 Å². The molecule has 1 atom stereocenters. The normalized spacial score (nSPS) is 21.3. The van der Waals surface area contributed by atoms with Crippen molar-refractivity contribution in [3.63, 3.8) is 0 Å². The summed E-state index contributed by atoms with van der Waals surface area (Å²) in [6, 6.07) is 4.04. The first-order valence-electron chi connectivity index (χ1n) is 7.64. The van der Waals surface area contributed by atoms with E-state index in [1.165, 1.54) is 12.8 Å². The lowest BCUT2D eigenvalue weighted by Crippen LogP contribution is -2.30. The molecule has 1 amide bonds. The quantitative estimate of drug-likeness (QED) is 0.883. The molecule has 22 heavy (non-hydrogen) atoms. The number of halogens is 1. The Labute approximate surface area is 136 Å². The highest BCUT2D eigenvalue weighted by Crippen LogP contribution is 2.35. The molecule has 1 aliphatic heterocycles. The number of carbonyl (C=O) groups is 1. The Morgan fingerprint density at radius 3 is 2.95 bits per heavy atom. The molecule has 116 valence electrons. The predicted octanol–water partition coefficient (Wildman–Crippen LogP) is 2.26. The zero-order chi connectivity index (χ0) is 15.1. The molecule has 2 fully saturated rings. The fraction of sp³-hybridized carbons (Fsp3) is 0.533. The number of ether oxygens (including phenoxy) is 1. The molecule has 1 saturated carbocycles. The summed E-state index contributed by atoms with van der Waals surface area (Å²) >= 11 is 3.57. The van der Waals surface area contributed by atoms with Crippen molar-refractivity contribution in [3.8, 4) is 5.75 Å². The van der Waals surface area contributed by atoms with Gasteiger partial charge in [-0.25, -0.2) is 4.68 Å². The van der Waals surface area contributed by atoms with E-state index in [4.69, 9.17) is 4.74 Å². The van der Waals surface area contributed by atoms with Crippen molar-refractivity contribution < 1.29 is 9.53 Å². The van der Waals surface area contributed by atoms with E-state index in [9.17, 15) is 4.79 Å². The summed E-state index contributed by atoms with van der Waals surface area (Å²) in [5.74, 6) is 1.60. The minimum atomic E-state index is 0.0978. The van der Waals surface area contributed by atoms with Crippen molar-refractivity contribution in [1.82, 2.24) is 20.3 Å². The van der Waals surface area contributed by atoms with Gasteiger partial charge in [0.2, 0.25) is 5.91 Å². The van der Waals surface area contributed by atoms with Crippen LogP contribution in [0.15, 0.2) is 16.6 Å². The first kappa shape index (κ1) is 14.0. The Hall–Kier alpha value is -1.63. The fourth-order valence-electron chi connectivity index (χ4n) is 2.77. The predicted molar refractivity (Wildman–Crippen MR) is 84.6 cm³/mol. The molecule has 1 N–H and O–H groups in total. The van der Waals surface area contributed by atoms with E-state index in [-0.39, 0.29) is 11.9 Å². The summed E-state index contributed by atoms with van der Waals surface area (Å²) in [5.41, 5.74) is 1.86. The van der Waals surface area contributed by atoms with E-state index in [0.29, 0.717) is 13.0 Å². The van der Waals surface area contributed by atoms with Crippen molar-refractivity contribution in [2.24, 2.45) is 5.92 Å². The molecule has 2 aliphatic rings. The van der Waals surface area contributed by atoms with Crippen molar-refractivity contribution in [1.29, 1.82) is 0 Å². The molecule has 4 rings (SSSR count). The van der Waals surface area contributed by atoms with Gasteiger partial charge in [0.1, 0.15) is 17.9 Å². The van der Waals surface area contributed by atoms with Crippen LogP contribution in [-0.2, 0) is 11.3 Å². The summed E-state index contributed by atoms with van der Waals surface area (Å²) in [7, 11) is 0. The Bertz CT molecular complexity index is 726. The summed E-state index contributed by atoms with van der Waals surface area (Å²) in [4.78, 5) is 11.2. The van der Waals surface area contributed by atoms with Crippen molar-refractivity contribution in [2.45, 2.75) is 38.3 Å². The van der Waals surface area contributed by atoms with Crippen LogP contribution in [0.25, 0.3) is 11.0 Å². The highest BCUT2D eigenvalue weighted by Gasteiger charge is 2.24. The van der Waals surface area contributed by atoms with Crippen LogP contribution in [0, 0.1) is 5.92 Å². The molecule has 0 radical (unpaired) electrons. The zero-order valence-electron chi connectivity index (χ0n) is 12.1. The maximum atomic E-state index is 11.2. The van der Waals surface area contributed by atoms with E-state index in [2.05, 4.69) is 31.6 Å². The lowest BCUT2D eigenvalue weighted by atomic mass is 10.2. The molecule has 1 aromatic heterocycles. The van der Waals surface area contributed by atoms with Gasteiger partial charge in [0.05, 0.1) is 16.0 Å². The molecule has 0 bridgehead atoms. The molecular formula is C15H17BrN4O2. The van der Waals surface area contributed by atoms with Gasteiger partial charge in [0, 0.05) is 13.0 Å². The molecule has 6 nitrogen and oxygen atoms in total. The summed E-state index contributed by atoms with van der Waals surface area (Å²) < 4.78 is 8.64. The topological polar surface area (TPSA) is 69.0 Å². The van der Waals surface area contributed by atoms with Crippen LogP contribution in [0.1, 0.15) is 25.7 Å². The van der Waals surface area contributed by atoms with Gasteiger partial charge in [0.15, 0.2) is 0 Å². The van der Waals surface area contributed by atoms with E-state index >= 15 is 0 Å². The molecule has 7 heteroatoms. The lowest BCUT2D eigenvalue weighted by molar-refractivity contribution is -0.119. The number of rotatable bonds is 5. The smallest absolute Gasteiger partial charge is 0.220 e. The summed E-state index contributed by atoms with van der Waals surface area (Å²) in [5, 5.41) is 11.4. The third-order valence-corrected chi connectivity index (χ3v) is 5.01. The number of nitrogens with one attached hydrogen (secondary N) is 1. The maximum absolute atomic E-state index is 11.2. The molecule has 2 heterocycles. The lowest BCUT2D eigenvalue weighted by Gasteiger charge is -2.13. The molecule has 0 spiro atoms. The van der Waals surface area contributed by atoms with Gasteiger partial charge >= 0.3 is 0 Å². The Kier molecular flexibility index (Phi) is 3.52. The average Bonchev–Trinajstić information content (AvgIpc) is 3.08. The maximum Gasteiger partial charge on any atom is 0.220 e. The Morgan fingerprint density at radius 2 is 2.23 bits per heavy atom. The van der Waals surface area contributed by atoms with E-state index in [0.717, 1.165) is 40.1 Å². The van der Waals surface area contributed by atoms with Gasteiger partial charge in [-0.1, -0.05) is 5.21 Å². The van der Waals surface area contributed by atoms with Crippen LogP contribution in [0.5, 0.6) is 5.75 Å². The molecule has 2 aromatic rings. The van der Waals surface area contributed by atoms with Crippen molar-refractivity contribution >= 4 is 32.9 Å². The monoisotopic (exact) mass is 364 g/mol. The number of amides is 1. The van der Waals surface area contributed by atoms with Gasteiger partial charge in [-0.3, -0.25) is 4.79 Å². The van der Waals surface area contributed by atoms with Crippen LogP contribution in [0.2, 0.25) is 0 Å². The number of fused-ring (bicyclic) bond motifs is 1. The number of hydrogen-bond donors (Lipinski definition) is 1. The largest absolute Gasteiger partial charge is 0.490 e. The van der Waals surface area contributed by atoms with Crippen molar-refractivity contribution in [3.05, 3.63) is 16.6 Å². The summed E-state index contributed by atoms with van der Waals surface area (Å²) in [6.07, 6.45) is 3.99. The number of nitrogens with zero attached hydrogens (tertiary/aromatic N) is 3. The van der Waals surface area contributed by atoms with Crippen LogP contribution in [-0.4, -0.2) is 33.5 Å². The SMILES string of the molecule is O=C1CC[C@H](COc2ccc3c(nnn3CC3CC3)c2Br)N1. The number of aromatic nitrogens is 3. The number of hydrogen-bond acceptors (Lipinski definition) is 4. The van der Waals surface area contributed by atoms with Crippen LogP contribution in [0.4, 0.5) is 0 Å². The molecule has 1 aromatic carbocycles. The third kappa shape index (κ3) is 2.69. The van der Waals surface area contributed by atoms with Gasteiger partial charge in [0.25, 0.3) is 0 Å². The molecule has 1 aliphatic carbocycles. The first-order chi connectivity index (χ1) is 10.7. The van der Waals surface area contributed by atoms with Crippen LogP contribution < -0.4 is 10.1 Å². The fourth-order valence-corrected chi connectivity index (χ4v) is 3.30. The van der Waals surface area contributed by atoms with Gasteiger partial charge < -0.3 is 10.1 Å². The van der Waals surface area contributed by atoms with E-state index in [1.807, 2.05) is 16.8 Å². The van der Waals surface area contributed by atoms with Crippen LogP contribution in [0.3, 0.4) is 0 Å². The van der Waals surface area contributed by atoms with E-state index < -0.39 is 0 Å². The van der Waals surface area contributed by atoms with E-state index in [1.54, 1.807) is 0 Å². The Morgan fingerprint density at radius 1 is 1.36 bits per heavy atom. The second kappa shape index (κ2) is 5.53. The molecule has 0 unspecified atom stereocenters. The highest BCUT2D eigenvalue weighted by molar-refractivity contribution is 9.10. The zero-order valence-corrected chi connectivity index (χ0v) is 13.7. The number of benzene rings is 1. The third-order valence-electron chi connectivity index (χ3n) is 4.24. The second-order valence-electron chi connectivity index (χ2n) is 6.07. The Balaban J connectivity index is 1.51. The molecule has 1 saturated heterocycles. The molecular weight excluding hydrogens is 348 g/mol. The highest BCUT2D eigenvalue weighted by atomic mass is 79.9. The minimum absolute atomic E-state index is 0.0978. The minimum Gasteiger partial charge on any atom is -0.490 e. The van der Waals surface area contributed by atoms with Gasteiger partial charge in [-0.2, -0.15) is 0 Å². The summed E-state index contributed by atoms with van der Waals surface area (Å²) in [6.45, 7) is 1.42. The van der Waals surface area contributed by atoms with Gasteiger partial charge in [-0.15, -0.1) is 5.10 Å². The number of carbonyl (C=O) groups excluding carboxylic acids is 1. The second-order valence-corrected chi connectivity index (χ2v) is 6.87. The first-order valence-corrected chi connectivity index (χ1v) is 8.44.